The zero-order chi connectivity index (χ0) is 40.2. The fourth-order valence-electron chi connectivity index (χ4n) is 7.76. The van der Waals surface area contributed by atoms with Gasteiger partial charge < -0.3 is 14.2 Å². The molecule has 4 aliphatic rings. The molecule has 0 bridgehead atoms. The number of allylic oxidation sites excluding steroid dienone is 2. The van der Waals surface area contributed by atoms with Crippen LogP contribution in [0.1, 0.15) is 98.1 Å². The van der Waals surface area contributed by atoms with Gasteiger partial charge in [-0.1, -0.05) is 30.2 Å². The predicted molar refractivity (Wildman–Crippen MR) is 190 cm³/mol. The van der Waals surface area contributed by atoms with E-state index in [1.54, 1.807) is 13.8 Å². The van der Waals surface area contributed by atoms with Gasteiger partial charge in [0.05, 0.1) is 34.3 Å². The third kappa shape index (κ3) is 8.07. The maximum absolute atomic E-state index is 14.6. The molecule has 2 aliphatic heterocycles. The second-order valence-corrected chi connectivity index (χ2v) is 17.3. The fourth-order valence-corrected chi connectivity index (χ4v) is 9.14. The van der Waals surface area contributed by atoms with Crippen molar-refractivity contribution in [2.75, 3.05) is 6.54 Å². The number of hydrogen-bond donors (Lipinski definition) is 1. The number of ketones is 2. The molecule has 56 heavy (non-hydrogen) atoms. The molecule has 5 atom stereocenters. The minimum Gasteiger partial charge on any atom is -0.471 e. The Morgan fingerprint density at radius 3 is 2.54 bits per heavy atom. The van der Waals surface area contributed by atoms with E-state index in [2.05, 4.69) is 19.8 Å². The van der Waals surface area contributed by atoms with Gasteiger partial charge in [-0.15, -0.1) is 0 Å². The van der Waals surface area contributed by atoms with Gasteiger partial charge in [0.2, 0.25) is 33.4 Å². The molecule has 3 aromatic rings. The van der Waals surface area contributed by atoms with Crippen LogP contribution in [-0.4, -0.2) is 75.8 Å². The van der Waals surface area contributed by atoms with Crippen LogP contribution < -0.4 is 9.46 Å². The highest BCUT2D eigenvalue weighted by Crippen LogP contribution is 2.57. The molecule has 2 aromatic heterocycles. The Kier molecular flexibility index (Phi) is 10.6. The van der Waals surface area contributed by atoms with Gasteiger partial charge in [0.25, 0.3) is 0 Å². The molecule has 4 heterocycles. The molecule has 18 heteroatoms. The number of sulfonamides is 1. The highest BCUT2D eigenvalue weighted by atomic mass is 32.2. The molecule has 7 rings (SSSR count). The number of carbonyl (C=O) groups excluding carboxylic acids is 4. The number of amides is 2. The molecule has 2 aliphatic carbocycles. The van der Waals surface area contributed by atoms with Crippen LogP contribution in [0.2, 0.25) is 0 Å². The average molecular weight is 804 g/mol. The highest BCUT2D eigenvalue weighted by molar-refractivity contribution is 7.90. The molecule has 0 spiro atoms. The van der Waals surface area contributed by atoms with E-state index in [0.717, 1.165) is 18.2 Å². The van der Waals surface area contributed by atoms with Gasteiger partial charge in [0.1, 0.15) is 17.7 Å². The summed E-state index contributed by atoms with van der Waals surface area (Å²) in [6.07, 6.45) is 0.144. The number of rotatable bonds is 8. The van der Waals surface area contributed by atoms with Crippen LogP contribution in [-0.2, 0) is 30.6 Å². The van der Waals surface area contributed by atoms with Crippen molar-refractivity contribution in [1.29, 1.82) is 0 Å². The monoisotopic (exact) mass is 803 g/mol. The zero-order valence-corrected chi connectivity index (χ0v) is 31.6. The van der Waals surface area contributed by atoms with Crippen molar-refractivity contribution in [3.05, 3.63) is 58.9 Å². The van der Waals surface area contributed by atoms with Crippen molar-refractivity contribution in [1.82, 2.24) is 24.7 Å². The van der Waals surface area contributed by atoms with E-state index in [0.29, 0.717) is 49.8 Å². The molecule has 1 saturated heterocycles. The lowest BCUT2D eigenvalue weighted by Gasteiger charge is -2.29. The van der Waals surface area contributed by atoms with E-state index >= 15 is 0 Å². The fraction of sp³-hybridized carbons (Fsp3) is 0.553. The average Bonchev–Trinajstić information content (AvgIpc) is 4.03. The first-order valence-electron chi connectivity index (χ1n) is 18.7. The van der Waals surface area contributed by atoms with Crippen molar-refractivity contribution in [2.45, 2.75) is 108 Å². The SMILES string of the molecule is Cc1onc(C(=O)C[C@H]2CCCCC/C=C\[C@@H]3C[C@@]3(C(=O)NS(=O)(=O)C3CC3)CC(=O)[C@@H]3C[C@@H](Oc4nc5cc(F)ccc5nc4C(F)(F)F)CN3C2=O)c1C. The van der Waals surface area contributed by atoms with Crippen LogP contribution in [0.4, 0.5) is 17.6 Å². The number of halogens is 4. The Balaban J connectivity index is 1.23. The van der Waals surface area contributed by atoms with Gasteiger partial charge in [-0.2, -0.15) is 13.2 Å². The van der Waals surface area contributed by atoms with Crippen LogP contribution in [0.3, 0.4) is 0 Å². The molecule has 300 valence electrons. The Morgan fingerprint density at radius 2 is 1.84 bits per heavy atom. The van der Waals surface area contributed by atoms with Gasteiger partial charge >= 0.3 is 6.18 Å². The summed E-state index contributed by atoms with van der Waals surface area (Å²) in [5, 5.41) is 3.17. The van der Waals surface area contributed by atoms with Gasteiger partial charge in [0, 0.05) is 36.8 Å². The summed E-state index contributed by atoms with van der Waals surface area (Å²) in [6.45, 7) is 2.91. The van der Waals surface area contributed by atoms with E-state index in [1.165, 1.54) is 4.90 Å². The number of fused-ring (bicyclic) bond motifs is 3. The van der Waals surface area contributed by atoms with Gasteiger partial charge in [-0.05, 0) is 70.4 Å². The Labute approximate surface area is 319 Å². The molecule has 0 unspecified atom stereocenters. The normalized spacial score (nSPS) is 26.9. The number of aryl methyl sites for hydroxylation is 1. The second kappa shape index (κ2) is 15.0. The van der Waals surface area contributed by atoms with E-state index in [4.69, 9.17) is 9.26 Å². The minimum atomic E-state index is -5.04. The molecule has 0 radical (unpaired) electrons. The minimum absolute atomic E-state index is 0.0615. The number of nitrogens with one attached hydrogen (secondary N) is 1. The number of nitrogens with zero attached hydrogens (tertiary/aromatic N) is 4. The number of alkyl halides is 3. The van der Waals surface area contributed by atoms with E-state index in [1.807, 2.05) is 12.2 Å². The van der Waals surface area contributed by atoms with Crippen LogP contribution >= 0.6 is 0 Å². The summed E-state index contributed by atoms with van der Waals surface area (Å²) in [7, 11) is -3.97. The second-order valence-electron chi connectivity index (χ2n) is 15.4. The molecule has 3 fully saturated rings. The number of Topliss-reactive ketones (excluding diaryl/α,β-unsaturated/α-hetero) is 2. The van der Waals surface area contributed by atoms with Crippen LogP contribution in [0, 0.1) is 36.9 Å². The zero-order valence-electron chi connectivity index (χ0n) is 30.7. The first-order chi connectivity index (χ1) is 26.5. The van der Waals surface area contributed by atoms with Crippen LogP contribution in [0.5, 0.6) is 5.88 Å². The summed E-state index contributed by atoms with van der Waals surface area (Å²) < 4.78 is 95.8. The summed E-state index contributed by atoms with van der Waals surface area (Å²) >= 11 is 0. The summed E-state index contributed by atoms with van der Waals surface area (Å²) in [4.78, 5) is 65.0. The standard InChI is InChI=1S/C38H41F4N5O8S/c1-20-21(2)55-45-32(20)30(48)14-22-8-6-4-3-5-7-9-23-17-37(23,36(51)46-56(52,53)26-11-12-26)18-31(49)29-16-25(19-47(29)35(22)50)54-34-33(38(40,41)42)43-27-13-10-24(39)15-28(27)44-34/h7,9-10,13,15,22-23,25-26,29H,3-6,8,11-12,14,16-19H2,1-2H3,(H,46,51)/b9-7-/t22-,23-,25-,29+,37-/m1/s1. The lowest BCUT2D eigenvalue weighted by molar-refractivity contribution is -0.143. The maximum atomic E-state index is 14.6. The third-order valence-corrected chi connectivity index (χ3v) is 13.1. The van der Waals surface area contributed by atoms with E-state index in [9.17, 15) is 45.2 Å². The van der Waals surface area contributed by atoms with Crippen molar-refractivity contribution in [3.8, 4) is 5.88 Å². The summed E-state index contributed by atoms with van der Waals surface area (Å²) in [5.74, 6) is -5.26. The molecular formula is C38H41F4N5O8S. The Hall–Kier alpha value is -4.74. The van der Waals surface area contributed by atoms with Crippen molar-refractivity contribution in [2.24, 2.45) is 17.3 Å². The molecule has 2 amide bonds. The van der Waals surface area contributed by atoms with Crippen molar-refractivity contribution >= 4 is 44.4 Å². The van der Waals surface area contributed by atoms with Gasteiger partial charge in [-0.3, -0.25) is 23.9 Å². The van der Waals surface area contributed by atoms with Crippen LogP contribution in [0.15, 0.2) is 34.9 Å². The topological polar surface area (TPSA) is 179 Å². The maximum Gasteiger partial charge on any atom is 0.438 e. The highest BCUT2D eigenvalue weighted by Gasteiger charge is 2.61. The number of ether oxygens (including phenoxy) is 1. The third-order valence-electron chi connectivity index (χ3n) is 11.3. The summed E-state index contributed by atoms with van der Waals surface area (Å²) in [5.41, 5.74) is -2.80. The first kappa shape index (κ1) is 39.5. The predicted octanol–water partition coefficient (Wildman–Crippen LogP) is 5.72. The number of aromatic nitrogens is 3. The van der Waals surface area contributed by atoms with Gasteiger partial charge in [0.15, 0.2) is 17.3 Å². The smallest absolute Gasteiger partial charge is 0.438 e. The summed E-state index contributed by atoms with van der Waals surface area (Å²) in [6, 6.07) is 1.57. The van der Waals surface area contributed by atoms with E-state index < -0.39 is 98.0 Å². The quantitative estimate of drug-likeness (QED) is 0.167. The molecule has 1 N–H and O–H groups in total. The number of benzene rings is 1. The van der Waals surface area contributed by atoms with Crippen molar-refractivity contribution in [3.63, 3.8) is 0 Å². The molecule has 13 nitrogen and oxygen atoms in total. The van der Waals surface area contributed by atoms with Crippen LogP contribution in [0.25, 0.3) is 11.0 Å². The molecule has 1 aromatic carbocycles. The number of carbonyl (C=O) groups is 4. The van der Waals surface area contributed by atoms with Crippen molar-refractivity contribution < 1.29 is 54.4 Å². The number of hydrogen-bond acceptors (Lipinski definition) is 11. The molecular weight excluding hydrogens is 763 g/mol. The molecule has 2 saturated carbocycles. The first-order valence-corrected chi connectivity index (χ1v) is 20.2. The van der Waals surface area contributed by atoms with E-state index in [-0.39, 0.29) is 49.0 Å². The Morgan fingerprint density at radius 1 is 1.07 bits per heavy atom. The lowest BCUT2D eigenvalue weighted by Crippen LogP contribution is -2.46. The van der Waals surface area contributed by atoms with Gasteiger partial charge in [-0.25, -0.2) is 22.8 Å². The lowest BCUT2D eigenvalue weighted by atomic mass is 9.90. The Bertz CT molecular complexity index is 2220. The largest absolute Gasteiger partial charge is 0.471 e.